The van der Waals surface area contributed by atoms with Crippen molar-refractivity contribution in [2.75, 3.05) is 6.54 Å². The molecule has 0 unspecified atom stereocenters. The molecule has 2 nitrogen and oxygen atoms in total. The van der Waals surface area contributed by atoms with Crippen LogP contribution in [0.2, 0.25) is 19.6 Å². The molecule has 78 valence electrons. The fraction of sp³-hybridized carbons (Fsp3) is 0.857. The van der Waals surface area contributed by atoms with Crippen LogP contribution >= 0.6 is 0 Å². The summed E-state index contributed by atoms with van der Waals surface area (Å²) < 4.78 is 37.1. The Balaban J connectivity index is 4.72. The van der Waals surface area contributed by atoms with Crippen LogP contribution in [0, 0.1) is 0 Å². The second-order valence-electron chi connectivity index (χ2n) is 3.72. The molecule has 0 heterocycles. The number of carbonyl (C=O) groups is 1. The maximum atomic E-state index is 12.0. The Kier molecular flexibility index (Phi) is 3.54. The second kappa shape index (κ2) is 3.69. The standard InChI is InChI=1S/C7H14F3NOSi/c1-5-11(13(2,3)4)6(12)7(8,9)10/h5H2,1-4H3. The normalized spacial score (nSPS) is 12.8. The highest BCUT2D eigenvalue weighted by Gasteiger charge is 2.45. The van der Waals surface area contributed by atoms with Gasteiger partial charge in [-0.1, -0.05) is 19.6 Å². The van der Waals surface area contributed by atoms with Gasteiger partial charge in [-0.05, 0) is 6.92 Å². The summed E-state index contributed by atoms with van der Waals surface area (Å²) in [6.45, 7) is 6.80. The second-order valence-corrected chi connectivity index (χ2v) is 8.60. The molecule has 0 aromatic rings. The zero-order chi connectivity index (χ0) is 10.9. The van der Waals surface area contributed by atoms with E-state index in [1.807, 2.05) is 0 Å². The number of hydrogen-bond acceptors (Lipinski definition) is 1. The maximum Gasteiger partial charge on any atom is 0.470 e. The Morgan fingerprint density at radius 3 is 1.77 bits per heavy atom. The summed E-state index contributed by atoms with van der Waals surface area (Å²) in [5, 5.41) is 0. The molecule has 13 heavy (non-hydrogen) atoms. The molecule has 0 N–H and O–H groups in total. The van der Waals surface area contributed by atoms with Crippen LogP contribution < -0.4 is 0 Å². The molecule has 0 atom stereocenters. The smallest absolute Gasteiger partial charge is 0.363 e. The van der Waals surface area contributed by atoms with E-state index in [2.05, 4.69) is 0 Å². The number of nitrogens with zero attached hydrogens (tertiary/aromatic N) is 1. The van der Waals surface area contributed by atoms with Gasteiger partial charge in [-0.25, -0.2) is 0 Å². The lowest BCUT2D eigenvalue weighted by molar-refractivity contribution is -0.180. The van der Waals surface area contributed by atoms with Gasteiger partial charge in [0.25, 0.3) is 0 Å². The van der Waals surface area contributed by atoms with E-state index >= 15 is 0 Å². The predicted octanol–water partition coefficient (Wildman–Crippen LogP) is 2.23. The summed E-state index contributed by atoms with van der Waals surface area (Å²) in [6.07, 6.45) is -4.74. The molecule has 0 aromatic heterocycles. The van der Waals surface area contributed by atoms with Gasteiger partial charge in [-0.15, -0.1) is 0 Å². The van der Waals surface area contributed by atoms with Gasteiger partial charge in [0.15, 0.2) is 8.24 Å². The Morgan fingerprint density at radius 2 is 1.69 bits per heavy atom. The Morgan fingerprint density at radius 1 is 1.31 bits per heavy atom. The fourth-order valence-corrected chi connectivity index (χ4v) is 2.76. The molecule has 0 aliphatic rings. The van der Waals surface area contributed by atoms with Crippen molar-refractivity contribution < 1.29 is 18.0 Å². The van der Waals surface area contributed by atoms with E-state index < -0.39 is 20.3 Å². The Labute approximate surface area is 76.8 Å². The van der Waals surface area contributed by atoms with Gasteiger partial charge in [-0.3, -0.25) is 4.79 Å². The van der Waals surface area contributed by atoms with Crippen molar-refractivity contribution in [2.45, 2.75) is 32.7 Å². The fourth-order valence-electron chi connectivity index (χ4n) is 1.08. The molecule has 0 aromatic carbocycles. The van der Waals surface area contributed by atoms with Crippen LogP contribution in [0.1, 0.15) is 6.92 Å². The van der Waals surface area contributed by atoms with Gasteiger partial charge in [-0.2, -0.15) is 13.2 Å². The largest absolute Gasteiger partial charge is 0.470 e. The van der Waals surface area contributed by atoms with Crippen LogP contribution in [-0.4, -0.2) is 31.4 Å². The summed E-state index contributed by atoms with van der Waals surface area (Å²) in [7, 11) is -2.20. The number of rotatable bonds is 2. The van der Waals surface area contributed by atoms with Crippen LogP contribution in [0.15, 0.2) is 0 Å². The Hall–Kier alpha value is -0.523. The van der Waals surface area contributed by atoms with E-state index in [0.29, 0.717) is 0 Å². The number of carbonyl (C=O) groups excluding carboxylic acids is 1. The van der Waals surface area contributed by atoms with Gasteiger partial charge in [0, 0.05) is 6.54 Å². The molecule has 1 amide bonds. The lowest BCUT2D eigenvalue weighted by Gasteiger charge is -2.33. The number of hydrogen-bond donors (Lipinski definition) is 0. The lowest BCUT2D eigenvalue weighted by atomic mass is 10.5. The summed E-state index contributed by atoms with van der Waals surface area (Å²) in [6, 6.07) is 0. The quantitative estimate of drug-likeness (QED) is 0.644. The van der Waals surface area contributed by atoms with Crippen molar-refractivity contribution in [2.24, 2.45) is 0 Å². The summed E-state index contributed by atoms with van der Waals surface area (Å²) >= 11 is 0. The number of halogens is 3. The van der Waals surface area contributed by atoms with E-state index in [9.17, 15) is 18.0 Å². The van der Waals surface area contributed by atoms with Crippen molar-refractivity contribution >= 4 is 14.1 Å². The minimum Gasteiger partial charge on any atom is -0.363 e. The third-order valence-electron chi connectivity index (χ3n) is 1.61. The molecule has 0 saturated heterocycles. The third kappa shape index (κ3) is 3.37. The van der Waals surface area contributed by atoms with Gasteiger partial charge in [0.1, 0.15) is 0 Å². The van der Waals surface area contributed by atoms with Crippen molar-refractivity contribution in [1.82, 2.24) is 4.57 Å². The minimum atomic E-state index is -4.74. The van der Waals surface area contributed by atoms with Crippen LogP contribution in [0.3, 0.4) is 0 Å². The van der Waals surface area contributed by atoms with E-state index in [4.69, 9.17) is 0 Å². The molecule has 0 rings (SSSR count). The molecule has 0 radical (unpaired) electrons. The van der Waals surface area contributed by atoms with Crippen LogP contribution in [0.5, 0.6) is 0 Å². The van der Waals surface area contributed by atoms with Crippen molar-refractivity contribution in [1.29, 1.82) is 0 Å². The lowest BCUT2D eigenvalue weighted by Crippen LogP contribution is -2.54. The number of alkyl halides is 3. The van der Waals surface area contributed by atoms with E-state index in [-0.39, 0.29) is 6.54 Å². The van der Waals surface area contributed by atoms with Gasteiger partial charge in [0.05, 0.1) is 0 Å². The van der Waals surface area contributed by atoms with E-state index in [1.54, 1.807) is 26.6 Å². The highest BCUT2D eigenvalue weighted by Crippen LogP contribution is 2.22. The molecule has 0 aliphatic heterocycles. The first kappa shape index (κ1) is 12.5. The van der Waals surface area contributed by atoms with Crippen LogP contribution in [0.4, 0.5) is 13.2 Å². The first-order valence-electron chi connectivity index (χ1n) is 3.99. The molecular formula is C7H14F3NOSi. The van der Waals surface area contributed by atoms with Crippen LogP contribution in [-0.2, 0) is 4.79 Å². The van der Waals surface area contributed by atoms with E-state index in [0.717, 1.165) is 4.57 Å². The zero-order valence-electron chi connectivity index (χ0n) is 8.20. The average molecular weight is 213 g/mol. The summed E-state index contributed by atoms with van der Waals surface area (Å²) in [5.74, 6) is -1.71. The van der Waals surface area contributed by atoms with Gasteiger partial charge in [0.2, 0.25) is 0 Å². The monoisotopic (exact) mass is 213 g/mol. The average Bonchev–Trinajstić information content (AvgIpc) is 1.83. The zero-order valence-corrected chi connectivity index (χ0v) is 9.20. The molecule has 6 heteroatoms. The summed E-state index contributed by atoms with van der Waals surface area (Å²) in [4.78, 5) is 10.9. The number of amides is 1. The molecule has 0 saturated carbocycles. The molecule has 0 bridgehead atoms. The van der Waals surface area contributed by atoms with Gasteiger partial charge < -0.3 is 4.57 Å². The predicted molar refractivity (Wildman–Crippen MR) is 46.8 cm³/mol. The summed E-state index contributed by atoms with van der Waals surface area (Å²) in [5.41, 5.74) is 0. The Bertz CT molecular complexity index is 197. The van der Waals surface area contributed by atoms with Crippen molar-refractivity contribution in [3.8, 4) is 0 Å². The molecule has 0 fully saturated rings. The SMILES string of the molecule is CCN(C(=O)C(F)(F)F)[Si](C)(C)C. The van der Waals surface area contributed by atoms with Crippen molar-refractivity contribution in [3.05, 3.63) is 0 Å². The first-order chi connectivity index (χ1) is 5.60. The van der Waals surface area contributed by atoms with E-state index in [1.165, 1.54) is 0 Å². The first-order valence-corrected chi connectivity index (χ1v) is 7.44. The van der Waals surface area contributed by atoms with Gasteiger partial charge >= 0.3 is 12.1 Å². The highest BCUT2D eigenvalue weighted by molar-refractivity contribution is 6.75. The molecule has 0 spiro atoms. The molecular weight excluding hydrogens is 199 g/mol. The third-order valence-corrected chi connectivity index (χ3v) is 3.75. The minimum absolute atomic E-state index is 0.119. The topological polar surface area (TPSA) is 20.3 Å². The maximum absolute atomic E-state index is 12.0. The molecule has 0 aliphatic carbocycles. The van der Waals surface area contributed by atoms with Crippen LogP contribution in [0.25, 0.3) is 0 Å². The highest BCUT2D eigenvalue weighted by atomic mass is 28.3. The van der Waals surface area contributed by atoms with Crippen molar-refractivity contribution in [3.63, 3.8) is 0 Å².